The van der Waals surface area contributed by atoms with Crippen LogP contribution in [-0.2, 0) is 4.79 Å². The lowest BCUT2D eigenvalue weighted by atomic mass is 9.72. The zero-order chi connectivity index (χ0) is 17.2. The number of likely N-dealkylation sites (tertiary alicyclic amines) is 1. The highest BCUT2D eigenvalue weighted by Gasteiger charge is 2.48. The Bertz CT molecular complexity index is 615. The van der Waals surface area contributed by atoms with Gasteiger partial charge in [-0.25, -0.2) is 0 Å². The number of piperidine rings is 1. The summed E-state index contributed by atoms with van der Waals surface area (Å²) in [6, 6.07) is 4.72. The maximum absolute atomic E-state index is 12.6. The molecule has 0 radical (unpaired) electrons. The molecule has 1 amide bonds. The van der Waals surface area contributed by atoms with Gasteiger partial charge in [-0.3, -0.25) is 9.59 Å². The number of hydrogen-bond donors (Lipinski definition) is 3. The summed E-state index contributed by atoms with van der Waals surface area (Å²) in [5.41, 5.74) is -0.328. The Hall–Kier alpha value is -2.08. The molecule has 1 saturated heterocycles. The van der Waals surface area contributed by atoms with E-state index in [1.807, 2.05) is 6.92 Å². The average Bonchev–Trinajstić information content (AvgIpc) is 2.51. The van der Waals surface area contributed by atoms with Crippen LogP contribution < -0.4 is 0 Å². The van der Waals surface area contributed by atoms with Crippen LogP contribution in [0.25, 0.3) is 0 Å². The third kappa shape index (κ3) is 3.03. The Morgan fingerprint density at radius 1 is 1.39 bits per heavy atom. The van der Waals surface area contributed by atoms with Crippen molar-refractivity contribution in [1.82, 2.24) is 4.90 Å². The summed E-state index contributed by atoms with van der Waals surface area (Å²) >= 11 is 0. The molecule has 2 atom stereocenters. The fourth-order valence-electron chi connectivity index (χ4n) is 3.28. The Morgan fingerprint density at radius 3 is 2.65 bits per heavy atom. The number of phenolic OH excluding ortho intramolecular Hbond substituents is 1. The third-order valence-corrected chi connectivity index (χ3v) is 4.80. The summed E-state index contributed by atoms with van der Waals surface area (Å²) in [4.78, 5) is 25.7. The molecule has 6 nitrogen and oxygen atoms in total. The van der Waals surface area contributed by atoms with Gasteiger partial charge in [0.2, 0.25) is 0 Å². The molecule has 1 aliphatic rings. The number of β-amino-alcohol motifs (C(OH)–C–C–N with tert-alkyl or cyclic N) is 1. The van der Waals surface area contributed by atoms with E-state index in [-0.39, 0.29) is 31.2 Å². The summed E-state index contributed by atoms with van der Waals surface area (Å²) < 4.78 is 0. The van der Waals surface area contributed by atoms with Gasteiger partial charge in [-0.05, 0) is 31.9 Å². The molecular weight excluding hydrogens is 298 g/mol. The summed E-state index contributed by atoms with van der Waals surface area (Å²) in [5, 5.41) is 29.6. The molecule has 1 heterocycles. The molecular formula is C17H23NO5. The number of carbonyl (C=O) groups is 2. The monoisotopic (exact) mass is 321 g/mol. The Balaban J connectivity index is 2.21. The quantitative estimate of drug-likeness (QED) is 0.785. The lowest BCUT2D eigenvalue weighted by Gasteiger charge is -2.42. The zero-order valence-corrected chi connectivity index (χ0v) is 13.5. The first kappa shape index (κ1) is 17.3. The van der Waals surface area contributed by atoms with E-state index in [1.54, 1.807) is 19.1 Å². The van der Waals surface area contributed by atoms with Crippen molar-refractivity contribution >= 4 is 11.9 Å². The van der Waals surface area contributed by atoms with Gasteiger partial charge in [0.25, 0.3) is 5.91 Å². The minimum Gasteiger partial charge on any atom is -0.508 e. The molecule has 23 heavy (non-hydrogen) atoms. The van der Waals surface area contributed by atoms with E-state index in [4.69, 9.17) is 0 Å². The minimum atomic E-state index is -1.18. The Labute approximate surface area is 135 Å². The van der Waals surface area contributed by atoms with E-state index < -0.39 is 17.5 Å². The zero-order valence-electron chi connectivity index (χ0n) is 13.5. The van der Waals surface area contributed by atoms with Crippen LogP contribution in [0.1, 0.15) is 42.1 Å². The maximum Gasteiger partial charge on any atom is 0.312 e. The van der Waals surface area contributed by atoms with Crippen LogP contribution in [0, 0.1) is 12.3 Å². The van der Waals surface area contributed by atoms with E-state index in [0.29, 0.717) is 24.0 Å². The Morgan fingerprint density at radius 2 is 2.09 bits per heavy atom. The molecule has 126 valence electrons. The first-order chi connectivity index (χ1) is 10.8. The maximum atomic E-state index is 12.6. The number of aliphatic carboxylic acids is 1. The van der Waals surface area contributed by atoms with Crippen LogP contribution in [0.4, 0.5) is 0 Å². The number of nitrogens with zero attached hydrogens (tertiary/aromatic N) is 1. The summed E-state index contributed by atoms with van der Waals surface area (Å²) in [6.07, 6.45) is 0.163. The van der Waals surface area contributed by atoms with E-state index >= 15 is 0 Å². The normalized spacial score (nSPS) is 24.5. The topological polar surface area (TPSA) is 98.1 Å². The smallest absolute Gasteiger partial charge is 0.312 e. The molecule has 3 N–H and O–H groups in total. The van der Waals surface area contributed by atoms with Crippen molar-refractivity contribution in [3.05, 3.63) is 29.3 Å². The van der Waals surface area contributed by atoms with Gasteiger partial charge in [-0.15, -0.1) is 0 Å². The molecule has 0 aromatic heterocycles. The molecule has 1 fully saturated rings. The van der Waals surface area contributed by atoms with Crippen molar-refractivity contribution in [3.63, 3.8) is 0 Å². The van der Waals surface area contributed by atoms with Gasteiger partial charge in [0.1, 0.15) is 5.75 Å². The number of rotatable bonds is 4. The van der Waals surface area contributed by atoms with Gasteiger partial charge in [-0.1, -0.05) is 19.4 Å². The highest BCUT2D eigenvalue weighted by molar-refractivity contribution is 5.96. The van der Waals surface area contributed by atoms with Crippen LogP contribution in [0.15, 0.2) is 18.2 Å². The van der Waals surface area contributed by atoms with Crippen LogP contribution >= 0.6 is 0 Å². The van der Waals surface area contributed by atoms with Gasteiger partial charge >= 0.3 is 5.97 Å². The predicted molar refractivity (Wildman–Crippen MR) is 84.3 cm³/mol. The minimum absolute atomic E-state index is 0.0137. The van der Waals surface area contributed by atoms with Crippen molar-refractivity contribution in [2.75, 3.05) is 13.1 Å². The number of phenols is 1. The lowest BCUT2D eigenvalue weighted by molar-refractivity contribution is -0.162. The Kier molecular flexibility index (Phi) is 4.94. The summed E-state index contributed by atoms with van der Waals surface area (Å²) in [7, 11) is 0. The summed E-state index contributed by atoms with van der Waals surface area (Å²) in [6.45, 7) is 3.80. The molecule has 2 rings (SSSR count). The number of hydrogen-bond acceptors (Lipinski definition) is 4. The second kappa shape index (κ2) is 6.58. The van der Waals surface area contributed by atoms with Gasteiger partial charge in [0.15, 0.2) is 0 Å². The van der Waals surface area contributed by atoms with Crippen LogP contribution in [0.5, 0.6) is 5.75 Å². The number of carboxylic acids is 1. The van der Waals surface area contributed by atoms with Gasteiger partial charge < -0.3 is 20.2 Å². The molecule has 0 aliphatic carbocycles. The van der Waals surface area contributed by atoms with Crippen molar-refractivity contribution in [2.45, 2.75) is 39.2 Å². The van der Waals surface area contributed by atoms with Gasteiger partial charge in [-0.2, -0.15) is 0 Å². The fourth-order valence-corrected chi connectivity index (χ4v) is 3.28. The van der Waals surface area contributed by atoms with E-state index in [0.717, 1.165) is 0 Å². The number of aliphatic hydroxyl groups is 1. The number of aliphatic hydroxyl groups excluding tert-OH is 1. The molecule has 0 saturated carbocycles. The highest BCUT2D eigenvalue weighted by atomic mass is 16.4. The lowest BCUT2D eigenvalue weighted by Crippen LogP contribution is -2.56. The van der Waals surface area contributed by atoms with Crippen molar-refractivity contribution in [1.29, 1.82) is 0 Å². The molecule has 0 bridgehead atoms. The molecule has 6 heteroatoms. The molecule has 0 unspecified atom stereocenters. The second-order valence-electron chi connectivity index (χ2n) is 6.18. The van der Waals surface area contributed by atoms with Crippen LogP contribution in [-0.4, -0.2) is 51.3 Å². The fraction of sp³-hybridized carbons (Fsp3) is 0.529. The van der Waals surface area contributed by atoms with Crippen molar-refractivity contribution < 1.29 is 24.9 Å². The number of amides is 1. The van der Waals surface area contributed by atoms with E-state index in [9.17, 15) is 24.9 Å². The van der Waals surface area contributed by atoms with Crippen molar-refractivity contribution in [3.8, 4) is 5.75 Å². The first-order valence-electron chi connectivity index (χ1n) is 7.82. The number of benzene rings is 1. The molecule has 1 aromatic carbocycles. The van der Waals surface area contributed by atoms with Crippen LogP contribution in [0.2, 0.25) is 0 Å². The number of carboxylic acid groups (broad SMARTS) is 1. The second-order valence-corrected chi connectivity index (χ2v) is 6.18. The SMILES string of the molecule is CCC[C@]1(C(=O)O)CCN(C(=O)c2cccc(O)c2C)C[C@@H]1O. The van der Waals surface area contributed by atoms with Crippen molar-refractivity contribution in [2.24, 2.45) is 5.41 Å². The average molecular weight is 321 g/mol. The van der Waals surface area contributed by atoms with Crippen LogP contribution in [0.3, 0.4) is 0 Å². The first-order valence-corrected chi connectivity index (χ1v) is 7.82. The molecule has 1 aromatic rings. The molecule has 0 spiro atoms. The van der Waals surface area contributed by atoms with E-state index in [1.165, 1.54) is 11.0 Å². The van der Waals surface area contributed by atoms with Gasteiger partial charge in [0, 0.05) is 24.2 Å². The predicted octanol–water partition coefficient (Wildman–Crippen LogP) is 1.78. The standard InChI is InChI=1S/C17H23NO5/c1-3-7-17(16(22)23)8-9-18(10-14(17)20)15(21)12-5-4-6-13(19)11(12)2/h4-6,14,19-20H,3,7-10H2,1-2H3,(H,22,23)/t14-,17-/m0/s1. The van der Waals surface area contributed by atoms with Gasteiger partial charge in [0.05, 0.1) is 11.5 Å². The number of carbonyl (C=O) groups excluding carboxylic acids is 1. The van der Waals surface area contributed by atoms with E-state index in [2.05, 4.69) is 0 Å². The third-order valence-electron chi connectivity index (χ3n) is 4.80. The number of aromatic hydroxyl groups is 1. The summed E-state index contributed by atoms with van der Waals surface area (Å²) in [5.74, 6) is -1.26. The molecule has 1 aliphatic heterocycles. The highest BCUT2D eigenvalue weighted by Crippen LogP contribution is 2.37. The largest absolute Gasteiger partial charge is 0.508 e.